The zero-order chi connectivity index (χ0) is 14.4. The number of rotatable bonds is 2. The highest BCUT2D eigenvalue weighted by Crippen LogP contribution is 2.35. The van der Waals surface area contributed by atoms with Crippen molar-refractivity contribution in [2.24, 2.45) is 11.8 Å². The van der Waals surface area contributed by atoms with Crippen LogP contribution in [0.5, 0.6) is 0 Å². The molecule has 0 spiro atoms. The maximum atomic E-state index is 12.7. The minimum atomic E-state index is -0.120. The summed E-state index contributed by atoms with van der Waals surface area (Å²) in [4.78, 5) is 12.7. The number of hydrogen-bond donors (Lipinski definition) is 0. The van der Waals surface area contributed by atoms with E-state index < -0.39 is 0 Å². The number of aryl methyl sites for hydroxylation is 1. The van der Waals surface area contributed by atoms with Crippen LogP contribution in [0, 0.1) is 18.8 Å². The Bertz CT molecular complexity index is 655. The van der Waals surface area contributed by atoms with E-state index in [1.165, 1.54) is 0 Å². The zero-order valence-electron chi connectivity index (χ0n) is 12.3. The first-order valence-corrected chi connectivity index (χ1v) is 7.18. The summed E-state index contributed by atoms with van der Waals surface area (Å²) >= 11 is 0. The smallest absolute Gasteiger partial charge is 0.204 e. The Morgan fingerprint density at radius 2 is 1.90 bits per heavy atom. The number of ketones is 1. The van der Waals surface area contributed by atoms with E-state index in [0.29, 0.717) is 5.76 Å². The first-order chi connectivity index (χ1) is 9.49. The molecule has 106 valence electrons. The summed E-state index contributed by atoms with van der Waals surface area (Å²) in [6, 6.07) is 7.80. The van der Waals surface area contributed by atoms with Crippen LogP contribution in [0.25, 0.3) is 11.0 Å². The molecule has 20 heavy (non-hydrogen) atoms. The fourth-order valence-electron chi connectivity index (χ4n) is 3.21. The predicted molar refractivity (Wildman–Crippen MR) is 77.9 cm³/mol. The van der Waals surface area contributed by atoms with Crippen molar-refractivity contribution in [2.45, 2.75) is 39.9 Å². The zero-order valence-corrected chi connectivity index (χ0v) is 12.3. The lowest BCUT2D eigenvalue weighted by molar-refractivity contribution is 0.0485. The average molecular weight is 272 g/mol. The number of para-hydroxylation sites is 1. The van der Waals surface area contributed by atoms with Crippen LogP contribution in [0.1, 0.15) is 36.9 Å². The minimum Gasteiger partial charge on any atom is -0.453 e. The fraction of sp³-hybridized carbons (Fsp3) is 0.471. The quantitative estimate of drug-likeness (QED) is 0.776. The third-order valence-electron chi connectivity index (χ3n) is 4.53. The highest BCUT2D eigenvalue weighted by molar-refractivity contribution is 6.00. The number of carbonyl (C=O) groups is 1. The molecule has 1 aromatic heterocycles. The van der Waals surface area contributed by atoms with Crippen molar-refractivity contribution in [1.82, 2.24) is 0 Å². The van der Waals surface area contributed by atoms with Gasteiger partial charge in [-0.05, 0) is 38.3 Å². The Morgan fingerprint density at radius 1 is 1.15 bits per heavy atom. The monoisotopic (exact) mass is 272 g/mol. The molecule has 0 radical (unpaired) electrons. The molecular formula is C17H20O3. The molecule has 1 aromatic carbocycles. The number of fused-ring (bicyclic) bond motifs is 1. The van der Waals surface area contributed by atoms with Crippen LogP contribution in [-0.4, -0.2) is 18.0 Å². The molecule has 0 saturated carbocycles. The summed E-state index contributed by atoms with van der Waals surface area (Å²) in [6.45, 7) is 8.06. The molecule has 3 rings (SSSR count). The van der Waals surface area contributed by atoms with Crippen LogP contribution in [0.15, 0.2) is 28.7 Å². The molecule has 2 heterocycles. The second kappa shape index (κ2) is 4.74. The van der Waals surface area contributed by atoms with Crippen LogP contribution >= 0.6 is 0 Å². The van der Waals surface area contributed by atoms with Gasteiger partial charge in [-0.15, -0.1) is 0 Å². The predicted octanol–water partition coefficient (Wildman–Crippen LogP) is 3.98. The van der Waals surface area contributed by atoms with Gasteiger partial charge in [0.25, 0.3) is 0 Å². The lowest BCUT2D eigenvalue weighted by Gasteiger charge is -2.15. The maximum Gasteiger partial charge on any atom is 0.204 e. The molecule has 2 aromatic rings. The lowest BCUT2D eigenvalue weighted by atomic mass is 9.85. The normalized spacial score (nSPS) is 30.0. The van der Waals surface area contributed by atoms with E-state index in [0.717, 1.165) is 16.5 Å². The molecular weight excluding hydrogens is 252 g/mol. The molecule has 1 saturated heterocycles. The van der Waals surface area contributed by atoms with E-state index in [4.69, 9.17) is 9.15 Å². The number of carbonyl (C=O) groups excluding carboxylic acids is 1. The number of benzene rings is 1. The van der Waals surface area contributed by atoms with E-state index in [9.17, 15) is 4.79 Å². The largest absolute Gasteiger partial charge is 0.453 e. The van der Waals surface area contributed by atoms with Crippen molar-refractivity contribution in [3.8, 4) is 0 Å². The van der Waals surface area contributed by atoms with Crippen LogP contribution < -0.4 is 0 Å². The van der Waals surface area contributed by atoms with Crippen molar-refractivity contribution in [1.29, 1.82) is 0 Å². The van der Waals surface area contributed by atoms with Gasteiger partial charge in [0.15, 0.2) is 5.76 Å². The van der Waals surface area contributed by atoms with Crippen molar-refractivity contribution in [3.63, 3.8) is 0 Å². The average Bonchev–Trinajstić information content (AvgIpc) is 2.93. The van der Waals surface area contributed by atoms with Crippen LogP contribution in [-0.2, 0) is 4.74 Å². The molecule has 0 amide bonds. The lowest BCUT2D eigenvalue weighted by Crippen LogP contribution is -2.26. The molecule has 3 nitrogen and oxygen atoms in total. The number of furan rings is 1. The highest BCUT2D eigenvalue weighted by atomic mass is 16.5. The van der Waals surface area contributed by atoms with Gasteiger partial charge in [-0.3, -0.25) is 4.79 Å². The Hall–Kier alpha value is -1.61. The van der Waals surface area contributed by atoms with Gasteiger partial charge in [-0.1, -0.05) is 25.1 Å². The first-order valence-electron chi connectivity index (χ1n) is 7.18. The van der Waals surface area contributed by atoms with Gasteiger partial charge in [-0.25, -0.2) is 0 Å². The molecule has 0 bridgehead atoms. The van der Waals surface area contributed by atoms with E-state index in [-0.39, 0.29) is 29.8 Å². The van der Waals surface area contributed by atoms with Gasteiger partial charge in [0.1, 0.15) is 5.58 Å². The van der Waals surface area contributed by atoms with Crippen LogP contribution in [0.3, 0.4) is 0 Å². The van der Waals surface area contributed by atoms with Crippen molar-refractivity contribution < 1.29 is 13.9 Å². The Morgan fingerprint density at radius 3 is 2.50 bits per heavy atom. The van der Waals surface area contributed by atoms with Gasteiger partial charge < -0.3 is 9.15 Å². The minimum absolute atomic E-state index is 0.0539. The second-order valence-electron chi connectivity index (χ2n) is 5.90. The molecule has 1 aliphatic rings. The third-order valence-corrected chi connectivity index (χ3v) is 4.53. The van der Waals surface area contributed by atoms with Crippen LogP contribution in [0.4, 0.5) is 0 Å². The van der Waals surface area contributed by atoms with Crippen molar-refractivity contribution in [3.05, 3.63) is 35.6 Å². The summed E-state index contributed by atoms with van der Waals surface area (Å²) in [5.41, 5.74) is 1.86. The van der Waals surface area contributed by atoms with E-state index in [2.05, 4.69) is 6.92 Å². The number of Topliss-reactive ketones (excluding diaryl/α,β-unsaturated/α-hetero) is 1. The van der Waals surface area contributed by atoms with Gasteiger partial charge in [-0.2, -0.15) is 0 Å². The van der Waals surface area contributed by atoms with Crippen molar-refractivity contribution in [2.75, 3.05) is 0 Å². The second-order valence-corrected chi connectivity index (χ2v) is 5.90. The summed E-state index contributed by atoms with van der Waals surface area (Å²) in [5, 5.41) is 0.987. The van der Waals surface area contributed by atoms with Crippen molar-refractivity contribution >= 4 is 16.8 Å². The van der Waals surface area contributed by atoms with Gasteiger partial charge in [0.05, 0.1) is 18.1 Å². The standard InChI is InChI=1S/C17H20O3/c1-9-6-5-7-13-8-14(20-17(9)13)16(18)15-10(2)11(3)19-12(15)4/h5-8,10-12,15H,1-4H3. The molecule has 4 unspecified atom stereocenters. The summed E-state index contributed by atoms with van der Waals surface area (Å²) in [7, 11) is 0. The SMILES string of the molecule is Cc1cccc2cc(C(=O)C3C(C)OC(C)C3C)oc12. The van der Waals surface area contributed by atoms with Gasteiger partial charge in [0.2, 0.25) is 5.78 Å². The molecule has 1 fully saturated rings. The van der Waals surface area contributed by atoms with E-state index in [1.54, 1.807) is 0 Å². The van der Waals surface area contributed by atoms with E-state index in [1.807, 2.05) is 45.0 Å². The number of hydrogen-bond acceptors (Lipinski definition) is 3. The molecule has 3 heteroatoms. The third kappa shape index (κ3) is 1.97. The van der Waals surface area contributed by atoms with Crippen LogP contribution in [0.2, 0.25) is 0 Å². The Labute approximate surface area is 118 Å². The van der Waals surface area contributed by atoms with Gasteiger partial charge in [0, 0.05) is 5.39 Å². The maximum absolute atomic E-state index is 12.7. The summed E-state index contributed by atoms with van der Waals surface area (Å²) in [6.07, 6.45) is 0.0619. The fourth-order valence-corrected chi connectivity index (χ4v) is 3.21. The number of ether oxygens (including phenoxy) is 1. The first kappa shape index (κ1) is 13.4. The molecule has 0 aliphatic carbocycles. The molecule has 1 aliphatic heterocycles. The Balaban J connectivity index is 1.99. The highest BCUT2D eigenvalue weighted by Gasteiger charge is 2.42. The Kier molecular flexibility index (Phi) is 3.17. The molecule has 0 N–H and O–H groups in total. The molecule has 4 atom stereocenters. The van der Waals surface area contributed by atoms with Gasteiger partial charge >= 0.3 is 0 Å². The topological polar surface area (TPSA) is 39.4 Å². The van der Waals surface area contributed by atoms with E-state index >= 15 is 0 Å². The summed E-state index contributed by atoms with van der Waals surface area (Å²) in [5.74, 6) is 0.610. The summed E-state index contributed by atoms with van der Waals surface area (Å²) < 4.78 is 11.6.